The molecule has 2 aliphatic carbocycles. The Morgan fingerprint density at radius 1 is 1.21 bits per heavy atom. The molecule has 4 unspecified atom stereocenters. The van der Waals surface area contributed by atoms with Crippen LogP contribution in [0.4, 0.5) is 0 Å². The maximum absolute atomic E-state index is 8.54. The molecule has 3 heteroatoms. The first-order valence-electron chi connectivity index (χ1n) is 5.63. The van der Waals surface area contributed by atoms with Crippen molar-refractivity contribution in [3.8, 4) is 0 Å². The highest BCUT2D eigenvalue weighted by Gasteiger charge is 2.36. The minimum atomic E-state index is 0.513. The molecule has 2 saturated carbocycles. The lowest BCUT2D eigenvalue weighted by Gasteiger charge is -2.41. The van der Waals surface area contributed by atoms with Crippen molar-refractivity contribution in [3.05, 3.63) is 0 Å². The van der Waals surface area contributed by atoms with Crippen LogP contribution in [0.2, 0.25) is 0 Å². The van der Waals surface area contributed by atoms with Crippen molar-refractivity contribution >= 4 is 22.1 Å². The van der Waals surface area contributed by atoms with Crippen molar-refractivity contribution in [3.63, 3.8) is 0 Å². The van der Waals surface area contributed by atoms with Gasteiger partial charge in [-0.3, -0.25) is 0 Å². The zero-order valence-electron chi connectivity index (χ0n) is 8.40. The van der Waals surface area contributed by atoms with E-state index in [2.05, 4.69) is 21.1 Å². The summed E-state index contributed by atoms with van der Waals surface area (Å²) in [5, 5.41) is 11.7. The fourth-order valence-electron chi connectivity index (χ4n) is 3.12. The average molecular weight is 260 g/mol. The zero-order valence-corrected chi connectivity index (χ0v) is 9.99. The fraction of sp³-hybridized carbons (Fsp3) is 0.909. The van der Waals surface area contributed by atoms with Crippen molar-refractivity contribution < 1.29 is 5.21 Å². The SMILES string of the molecule is ON=CC1CCC2CCCC(Br)C2C1. The van der Waals surface area contributed by atoms with Crippen LogP contribution in [0.5, 0.6) is 0 Å². The molecule has 0 saturated heterocycles. The highest BCUT2D eigenvalue weighted by atomic mass is 79.9. The lowest BCUT2D eigenvalue weighted by Crippen LogP contribution is -2.34. The molecule has 4 atom stereocenters. The van der Waals surface area contributed by atoms with Gasteiger partial charge in [0.05, 0.1) is 0 Å². The number of nitrogens with zero attached hydrogens (tertiary/aromatic N) is 1. The fourth-order valence-corrected chi connectivity index (χ4v) is 4.09. The Morgan fingerprint density at radius 3 is 2.86 bits per heavy atom. The van der Waals surface area contributed by atoms with Gasteiger partial charge in [-0.05, 0) is 43.4 Å². The van der Waals surface area contributed by atoms with Gasteiger partial charge in [0.15, 0.2) is 0 Å². The van der Waals surface area contributed by atoms with Gasteiger partial charge in [-0.2, -0.15) is 0 Å². The molecule has 0 radical (unpaired) electrons. The van der Waals surface area contributed by atoms with Crippen LogP contribution in [-0.2, 0) is 0 Å². The van der Waals surface area contributed by atoms with Gasteiger partial charge in [-0.25, -0.2) is 0 Å². The molecule has 0 aromatic heterocycles. The highest BCUT2D eigenvalue weighted by Crippen LogP contribution is 2.44. The lowest BCUT2D eigenvalue weighted by molar-refractivity contribution is 0.161. The monoisotopic (exact) mass is 259 g/mol. The molecular weight excluding hydrogens is 242 g/mol. The summed E-state index contributed by atoms with van der Waals surface area (Å²) >= 11 is 3.80. The second-order valence-corrected chi connectivity index (χ2v) is 5.88. The molecule has 0 amide bonds. The van der Waals surface area contributed by atoms with Crippen molar-refractivity contribution in [1.82, 2.24) is 0 Å². The van der Waals surface area contributed by atoms with Crippen LogP contribution in [0.15, 0.2) is 5.16 Å². The smallest absolute Gasteiger partial charge is 0.0466 e. The molecule has 0 aromatic rings. The predicted molar refractivity (Wildman–Crippen MR) is 61.2 cm³/mol. The average Bonchev–Trinajstić information content (AvgIpc) is 2.20. The second-order valence-electron chi connectivity index (χ2n) is 4.71. The molecule has 80 valence electrons. The summed E-state index contributed by atoms with van der Waals surface area (Å²) in [6.45, 7) is 0. The summed E-state index contributed by atoms with van der Waals surface area (Å²) < 4.78 is 0. The number of fused-ring (bicyclic) bond motifs is 1. The summed E-state index contributed by atoms with van der Waals surface area (Å²) in [6, 6.07) is 0. The summed E-state index contributed by atoms with van der Waals surface area (Å²) in [4.78, 5) is 0.705. The number of halogens is 1. The van der Waals surface area contributed by atoms with Crippen molar-refractivity contribution in [2.75, 3.05) is 0 Å². The number of rotatable bonds is 1. The first-order valence-corrected chi connectivity index (χ1v) is 6.54. The Morgan fingerprint density at radius 2 is 2.07 bits per heavy atom. The predicted octanol–water partition coefficient (Wildman–Crippen LogP) is 3.43. The molecule has 0 spiro atoms. The van der Waals surface area contributed by atoms with E-state index < -0.39 is 0 Å². The topological polar surface area (TPSA) is 32.6 Å². The number of oxime groups is 1. The van der Waals surface area contributed by atoms with Crippen molar-refractivity contribution in [2.45, 2.75) is 43.4 Å². The summed E-state index contributed by atoms with van der Waals surface area (Å²) in [7, 11) is 0. The van der Waals surface area contributed by atoms with E-state index in [0.717, 1.165) is 11.8 Å². The zero-order chi connectivity index (χ0) is 9.97. The van der Waals surface area contributed by atoms with E-state index in [4.69, 9.17) is 5.21 Å². The van der Waals surface area contributed by atoms with Crippen LogP contribution in [0.3, 0.4) is 0 Å². The number of alkyl halides is 1. The van der Waals surface area contributed by atoms with Gasteiger partial charge in [0.2, 0.25) is 0 Å². The highest BCUT2D eigenvalue weighted by molar-refractivity contribution is 9.09. The van der Waals surface area contributed by atoms with E-state index in [1.54, 1.807) is 6.21 Å². The van der Waals surface area contributed by atoms with E-state index in [1.807, 2.05) is 0 Å². The van der Waals surface area contributed by atoms with Gasteiger partial charge >= 0.3 is 0 Å². The third-order valence-electron chi connectivity index (χ3n) is 3.89. The number of hydrogen-bond donors (Lipinski definition) is 1. The minimum Gasteiger partial charge on any atom is -0.411 e. The van der Waals surface area contributed by atoms with E-state index in [-0.39, 0.29) is 0 Å². The maximum Gasteiger partial charge on any atom is 0.0466 e. The first kappa shape index (κ1) is 10.5. The lowest BCUT2D eigenvalue weighted by atomic mass is 9.68. The Bertz CT molecular complexity index is 219. The van der Waals surface area contributed by atoms with Gasteiger partial charge in [0.25, 0.3) is 0 Å². The molecular formula is C11H18BrNO. The van der Waals surface area contributed by atoms with E-state index in [9.17, 15) is 0 Å². The maximum atomic E-state index is 8.54. The van der Waals surface area contributed by atoms with Crippen LogP contribution >= 0.6 is 15.9 Å². The quantitative estimate of drug-likeness (QED) is 0.333. The Balaban J connectivity index is 1.98. The third kappa shape index (κ3) is 2.13. The van der Waals surface area contributed by atoms with Gasteiger partial charge in [0.1, 0.15) is 0 Å². The van der Waals surface area contributed by atoms with Gasteiger partial charge < -0.3 is 5.21 Å². The van der Waals surface area contributed by atoms with Crippen LogP contribution in [0, 0.1) is 17.8 Å². The molecule has 2 aliphatic rings. The minimum absolute atomic E-state index is 0.513. The normalized spacial score (nSPS) is 43.8. The molecule has 2 rings (SSSR count). The van der Waals surface area contributed by atoms with E-state index in [1.165, 1.54) is 38.5 Å². The first-order chi connectivity index (χ1) is 6.81. The van der Waals surface area contributed by atoms with E-state index in [0.29, 0.717) is 10.7 Å². The molecule has 0 heterocycles. The third-order valence-corrected chi connectivity index (χ3v) is 5.02. The standard InChI is InChI=1S/C11H18BrNO/c12-11-3-1-2-9-5-4-8(7-13-14)6-10(9)11/h7-11,14H,1-6H2. The summed E-state index contributed by atoms with van der Waals surface area (Å²) in [5.74, 6) is 2.26. The molecule has 0 bridgehead atoms. The van der Waals surface area contributed by atoms with Gasteiger partial charge in [-0.15, -0.1) is 5.16 Å². The van der Waals surface area contributed by atoms with Gasteiger partial charge in [-0.1, -0.05) is 28.8 Å². The number of hydrogen-bond acceptors (Lipinski definition) is 2. The Labute approximate surface area is 93.9 Å². The molecule has 2 nitrogen and oxygen atoms in total. The summed E-state index contributed by atoms with van der Waals surface area (Å²) in [5.41, 5.74) is 0. The summed E-state index contributed by atoms with van der Waals surface area (Å²) in [6.07, 6.45) is 9.60. The molecule has 2 fully saturated rings. The van der Waals surface area contributed by atoms with Gasteiger partial charge in [0, 0.05) is 11.0 Å². The van der Waals surface area contributed by atoms with Crippen LogP contribution < -0.4 is 0 Å². The van der Waals surface area contributed by atoms with Crippen molar-refractivity contribution in [1.29, 1.82) is 0 Å². The van der Waals surface area contributed by atoms with Crippen LogP contribution in [0.25, 0.3) is 0 Å². The molecule has 14 heavy (non-hydrogen) atoms. The molecule has 1 N–H and O–H groups in total. The van der Waals surface area contributed by atoms with Crippen LogP contribution in [-0.4, -0.2) is 16.2 Å². The second kappa shape index (κ2) is 4.65. The van der Waals surface area contributed by atoms with Crippen LogP contribution in [0.1, 0.15) is 38.5 Å². The Hall–Kier alpha value is -0.0500. The Kier molecular flexibility index (Phi) is 3.47. The van der Waals surface area contributed by atoms with Crippen molar-refractivity contribution in [2.24, 2.45) is 22.9 Å². The largest absolute Gasteiger partial charge is 0.411 e. The van der Waals surface area contributed by atoms with E-state index >= 15 is 0 Å². The molecule has 0 aromatic carbocycles. The molecule has 0 aliphatic heterocycles.